The summed E-state index contributed by atoms with van der Waals surface area (Å²) in [5.41, 5.74) is 7.18. The third-order valence-electron chi connectivity index (χ3n) is 3.48. The van der Waals surface area contributed by atoms with E-state index in [1.54, 1.807) is 0 Å². The fourth-order valence-electron chi connectivity index (χ4n) is 2.40. The van der Waals surface area contributed by atoms with Gasteiger partial charge in [-0.25, -0.2) is 0 Å². The Balaban J connectivity index is 1.61. The first kappa shape index (κ1) is 13.4. The van der Waals surface area contributed by atoms with Crippen LogP contribution in [0, 0.1) is 0 Å². The topological polar surface area (TPSA) is 97.1 Å². The van der Waals surface area contributed by atoms with E-state index in [1.807, 2.05) is 29.2 Å². The Morgan fingerprint density at radius 2 is 2.29 bits per heavy atom. The Bertz CT molecular complexity index is 640. The van der Waals surface area contributed by atoms with Gasteiger partial charge in [-0.05, 0) is 18.6 Å². The molecule has 1 aliphatic rings. The van der Waals surface area contributed by atoms with Crippen LogP contribution in [0.25, 0.3) is 11.3 Å². The largest absolute Gasteiger partial charge is 0.492 e. The molecule has 3 N–H and O–H groups in total. The molecule has 0 unspecified atom stereocenters. The predicted octanol–water partition coefficient (Wildman–Crippen LogP) is 1.06. The van der Waals surface area contributed by atoms with Crippen molar-refractivity contribution in [3.8, 4) is 17.0 Å². The van der Waals surface area contributed by atoms with Gasteiger partial charge in [0.2, 0.25) is 5.91 Å². The molecule has 0 aliphatic carbocycles. The number of hydrogen-bond acceptors (Lipinski definition) is 5. The number of nitrogens with two attached hydrogens (primary N) is 1. The zero-order valence-corrected chi connectivity index (χ0v) is 11.6. The van der Waals surface area contributed by atoms with E-state index < -0.39 is 0 Å². The van der Waals surface area contributed by atoms with Crippen LogP contribution in [0.4, 0.5) is 5.82 Å². The van der Waals surface area contributed by atoms with Gasteiger partial charge in [0.1, 0.15) is 18.1 Å². The number of ether oxygens (including phenoxy) is 1. The number of benzene rings is 1. The number of carbonyl (C=O) groups is 1. The SMILES string of the molecule is Nc1n[nH]nc1-c1cccc(OCCN2CCCC2=O)c1. The number of rotatable bonds is 5. The summed E-state index contributed by atoms with van der Waals surface area (Å²) in [6.45, 7) is 1.93. The summed E-state index contributed by atoms with van der Waals surface area (Å²) in [5.74, 6) is 1.29. The minimum atomic E-state index is 0.211. The van der Waals surface area contributed by atoms with Crippen molar-refractivity contribution in [2.75, 3.05) is 25.4 Å². The first-order valence-electron chi connectivity index (χ1n) is 6.91. The van der Waals surface area contributed by atoms with Crippen LogP contribution in [0.1, 0.15) is 12.8 Å². The van der Waals surface area contributed by atoms with Crippen LogP contribution in [0.5, 0.6) is 5.75 Å². The highest BCUT2D eigenvalue weighted by Gasteiger charge is 2.19. The zero-order valence-electron chi connectivity index (χ0n) is 11.6. The van der Waals surface area contributed by atoms with Crippen LogP contribution < -0.4 is 10.5 Å². The summed E-state index contributed by atoms with van der Waals surface area (Å²) in [4.78, 5) is 13.3. The molecule has 21 heavy (non-hydrogen) atoms. The van der Waals surface area contributed by atoms with Crippen LogP contribution in [-0.2, 0) is 4.79 Å². The quantitative estimate of drug-likeness (QED) is 0.857. The highest BCUT2D eigenvalue weighted by atomic mass is 16.5. The van der Waals surface area contributed by atoms with Gasteiger partial charge in [0.15, 0.2) is 5.82 Å². The van der Waals surface area contributed by atoms with Gasteiger partial charge in [0.05, 0.1) is 6.54 Å². The van der Waals surface area contributed by atoms with Crippen LogP contribution in [0.3, 0.4) is 0 Å². The zero-order chi connectivity index (χ0) is 14.7. The number of nitrogens with zero attached hydrogens (tertiary/aromatic N) is 3. The van der Waals surface area contributed by atoms with Gasteiger partial charge in [-0.1, -0.05) is 12.1 Å². The summed E-state index contributed by atoms with van der Waals surface area (Å²) >= 11 is 0. The van der Waals surface area contributed by atoms with Gasteiger partial charge in [-0.15, -0.1) is 5.10 Å². The molecule has 1 aliphatic heterocycles. The van der Waals surface area contributed by atoms with E-state index in [0.29, 0.717) is 31.1 Å². The third-order valence-corrected chi connectivity index (χ3v) is 3.48. The fraction of sp³-hybridized carbons (Fsp3) is 0.357. The van der Waals surface area contributed by atoms with Crippen molar-refractivity contribution in [1.29, 1.82) is 0 Å². The lowest BCUT2D eigenvalue weighted by atomic mass is 10.1. The Morgan fingerprint density at radius 1 is 1.38 bits per heavy atom. The second-order valence-corrected chi connectivity index (χ2v) is 4.92. The maximum absolute atomic E-state index is 11.5. The molecule has 0 spiro atoms. The van der Waals surface area contributed by atoms with E-state index in [1.165, 1.54) is 0 Å². The number of aromatic amines is 1. The van der Waals surface area contributed by atoms with Gasteiger partial charge in [0.25, 0.3) is 0 Å². The Labute approximate surface area is 122 Å². The molecule has 0 radical (unpaired) electrons. The monoisotopic (exact) mass is 287 g/mol. The molecule has 1 aromatic heterocycles. The van der Waals surface area contributed by atoms with Crippen LogP contribution in [-0.4, -0.2) is 45.9 Å². The highest BCUT2D eigenvalue weighted by molar-refractivity contribution is 5.78. The summed E-state index contributed by atoms with van der Waals surface area (Å²) in [7, 11) is 0. The second-order valence-electron chi connectivity index (χ2n) is 4.92. The second kappa shape index (κ2) is 5.82. The molecule has 1 saturated heterocycles. The molecule has 1 fully saturated rings. The van der Waals surface area contributed by atoms with Crippen molar-refractivity contribution in [3.05, 3.63) is 24.3 Å². The number of likely N-dealkylation sites (tertiary alicyclic amines) is 1. The van der Waals surface area contributed by atoms with Crippen molar-refractivity contribution in [3.63, 3.8) is 0 Å². The molecule has 0 bridgehead atoms. The van der Waals surface area contributed by atoms with Crippen molar-refractivity contribution in [1.82, 2.24) is 20.3 Å². The first-order chi connectivity index (χ1) is 10.2. The number of anilines is 1. The van der Waals surface area contributed by atoms with E-state index in [9.17, 15) is 4.79 Å². The van der Waals surface area contributed by atoms with E-state index in [4.69, 9.17) is 10.5 Å². The molecule has 7 nitrogen and oxygen atoms in total. The van der Waals surface area contributed by atoms with E-state index in [0.717, 1.165) is 24.3 Å². The molecule has 3 rings (SSSR count). The van der Waals surface area contributed by atoms with Crippen molar-refractivity contribution >= 4 is 11.7 Å². The molecule has 0 saturated carbocycles. The summed E-state index contributed by atoms with van der Waals surface area (Å²) in [6, 6.07) is 7.50. The normalized spacial score (nSPS) is 14.7. The highest BCUT2D eigenvalue weighted by Crippen LogP contribution is 2.25. The van der Waals surface area contributed by atoms with Gasteiger partial charge in [-0.2, -0.15) is 10.3 Å². The first-order valence-corrected chi connectivity index (χ1v) is 6.91. The van der Waals surface area contributed by atoms with Gasteiger partial charge in [-0.3, -0.25) is 4.79 Å². The Hall–Kier alpha value is -2.57. The predicted molar refractivity (Wildman–Crippen MR) is 77.5 cm³/mol. The molecule has 2 aromatic rings. The molecule has 110 valence electrons. The van der Waals surface area contributed by atoms with Crippen LogP contribution in [0.15, 0.2) is 24.3 Å². The van der Waals surface area contributed by atoms with Crippen LogP contribution in [0.2, 0.25) is 0 Å². The minimum absolute atomic E-state index is 0.211. The number of nitrogens with one attached hydrogen (secondary N) is 1. The van der Waals surface area contributed by atoms with E-state index in [2.05, 4.69) is 15.4 Å². The molecule has 0 atom stereocenters. The lowest BCUT2D eigenvalue weighted by Gasteiger charge is -2.15. The lowest BCUT2D eigenvalue weighted by Crippen LogP contribution is -2.29. The molecular formula is C14H17N5O2. The maximum atomic E-state index is 11.5. The van der Waals surface area contributed by atoms with Crippen molar-refractivity contribution < 1.29 is 9.53 Å². The Morgan fingerprint density at radius 3 is 3.00 bits per heavy atom. The minimum Gasteiger partial charge on any atom is -0.492 e. The fourth-order valence-corrected chi connectivity index (χ4v) is 2.40. The lowest BCUT2D eigenvalue weighted by molar-refractivity contribution is -0.128. The van der Waals surface area contributed by atoms with Crippen molar-refractivity contribution in [2.24, 2.45) is 0 Å². The average molecular weight is 287 g/mol. The summed E-state index contributed by atoms with van der Waals surface area (Å²) in [5, 5.41) is 10.3. The number of aromatic nitrogens is 3. The number of hydrogen-bond donors (Lipinski definition) is 2. The van der Waals surface area contributed by atoms with Gasteiger partial charge in [0, 0.05) is 18.5 Å². The summed E-state index contributed by atoms with van der Waals surface area (Å²) < 4.78 is 5.70. The van der Waals surface area contributed by atoms with Crippen LogP contribution >= 0.6 is 0 Å². The molecule has 1 amide bonds. The molecule has 1 aromatic carbocycles. The molecular weight excluding hydrogens is 270 g/mol. The van der Waals surface area contributed by atoms with Crippen molar-refractivity contribution in [2.45, 2.75) is 12.8 Å². The van der Waals surface area contributed by atoms with Gasteiger partial charge >= 0.3 is 0 Å². The average Bonchev–Trinajstić information content (AvgIpc) is 3.08. The number of amides is 1. The van der Waals surface area contributed by atoms with E-state index in [-0.39, 0.29) is 5.91 Å². The van der Waals surface area contributed by atoms with Gasteiger partial charge < -0.3 is 15.4 Å². The molecule has 2 heterocycles. The number of nitrogen functional groups attached to an aromatic ring is 1. The summed E-state index contributed by atoms with van der Waals surface area (Å²) in [6.07, 6.45) is 1.60. The Kier molecular flexibility index (Phi) is 3.72. The molecule has 7 heteroatoms. The number of carbonyl (C=O) groups excluding carboxylic acids is 1. The smallest absolute Gasteiger partial charge is 0.222 e. The maximum Gasteiger partial charge on any atom is 0.222 e. The standard InChI is InChI=1S/C14H17N5O2/c15-14-13(16-18-17-14)10-3-1-4-11(9-10)21-8-7-19-6-2-5-12(19)20/h1,3-4,9H,2,5-8H2,(H3,15,16,17,18). The third kappa shape index (κ3) is 2.96. The van der Waals surface area contributed by atoms with E-state index >= 15 is 0 Å². The number of H-pyrrole nitrogens is 1.